The lowest BCUT2D eigenvalue weighted by atomic mass is 9.85. The van der Waals surface area contributed by atoms with Crippen molar-refractivity contribution >= 4 is 5.91 Å². The van der Waals surface area contributed by atoms with Gasteiger partial charge < -0.3 is 11.1 Å². The summed E-state index contributed by atoms with van der Waals surface area (Å²) in [6.07, 6.45) is 5.07. The van der Waals surface area contributed by atoms with Gasteiger partial charge in [-0.05, 0) is 45.6 Å². The molecule has 0 bridgehead atoms. The molecule has 3 heteroatoms. The van der Waals surface area contributed by atoms with Crippen LogP contribution in [0.1, 0.15) is 39.0 Å². The SMILES string of the molecule is C=C(C)CCNC1CCC(C(N)=O)CC1. The summed E-state index contributed by atoms with van der Waals surface area (Å²) in [5, 5.41) is 3.50. The second kappa shape index (κ2) is 5.91. The second-order valence-electron chi connectivity index (χ2n) is 4.61. The highest BCUT2D eigenvalue weighted by Crippen LogP contribution is 2.23. The summed E-state index contributed by atoms with van der Waals surface area (Å²) >= 11 is 0. The van der Waals surface area contributed by atoms with E-state index in [-0.39, 0.29) is 11.8 Å². The van der Waals surface area contributed by atoms with Gasteiger partial charge in [0.15, 0.2) is 0 Å². The number of primary amides is 1. The predicted molar refractivity (Wildman–Crippen MR) is 62.4 cm³/mol. The van der Waals surface area contributed by atoms with Crippen molar-refractivity contribution in [3.05, 3.63) is 12.2 Å². The van der Waals surface area contributed by atoms with Gasteiger partial charge in [0.1, 0.15) is 0 Å². The van der Waals surface area contributed by atoms with Crippen LogP contribution in [0.2, 0.25) is 0 Å². The van der Waals surface area contributed by atoms with Crippen LogP contribution in [-0.2, 0) is 4.79 Å². The molecule has 3 nitrogen and oxygen atoms in total. The lowest BCUT2D eigenvalue weighted by Crippen LogP contribution is -2.37. The van der Waals surface area contributed by atoms with Gasteiger partial charge in [0.2, 0.25) is 5.91 Å². The maximum Gasteiger partial charge on any atom is 0.220 e. The molecule has 1 saturated carbocycles. The van der Waals surface area contributed by atoms with Gasteiger partial charge in [0.25, 0.3) is 0 Å². The summed E-state index contributed by atoms with van der Waals surface area (Å²) in [6, 6.07) is 0.569. The highest BCUT2D eigenvalue weighted by atomic mass is 16.1. The Morgan fingerprint density at radius 1 is 1.40 bits per heavy atom. The molecule has 1 aliphatic rings. The normalized spacial score (nSPS) is 26.2. The molecule has 0 aliphatic heterocycles. The minimum atomic E-state index is -0.129. The third-order valence-corrected chi connectivity index (χ3v) is 3.11. The van der Waals surface area contributed by atoms with Crippen molar-refractivity contribution in [1.82, 2.24) is 5.32 Å². The lowest BCUT2D eigenvalue weighted by Gasteiger charge is -2.27. The second-order valence-corrected chi connectivity index (χ2v) is 4.61. The first-order valence-corrected chi connectivity index (χ1v) is 5.76. The fraction of sp³-hybridized carbons (Fsp3) is 0.750. The number of nitrogens with two attached hydrogens (primary N) is 1. The zero-order chi connectivity index (χ0) is 11.3. The molecule has 0 saturated heterocycles. The summed E-state index contributed by atoms with van der Waals surface area (Å²) in [7, 11) is 0. The first kappa shape index (κ1) is 12.2. The fourth-order valence-corrected chi connectivity index (χ4v) is 2.07. The minimum absolute atomic E-state index is 0.115. The van der Waals surface area contributed by atoms with Crippen LogP contribution in [0.3, 0.4) is 0 Å². The fourth-order valence-electron chi connectivity index (χ4n) is 2.07. The van der Waals surface area contributed by atoms with Crippen molar-refractivity contribution in [2.75, 3.05) is 6.54 Å². The first-order valence-electron chi connectivity index (χ1n) is 5.76. The Morgan fingerprint density at radius 2 is 2.00 bits per heavy atom. The molecule has 0 aromatic rings. The van der Waals surface area contributed by atoms with Gasteiger partial charge in [-0.3, -0.25) is 4.79 Å². The number of carbonyl (C=O) groups excluding carboxylic acids is 1. The van der Waals surface area contributed by atoms with E-state index >= 15 is 0 Å². The Morgan fingerprint density at radius 3 is 2.47 bits per heavy atom. The molecule has 0 unspecified atom stereocenters. The maximum absolute atomic E-state index is 11.0. The molecule has 0 aromatic carbocycles. The minimum Gasteiger partial charge on any atom is -0.369 e. The highest BCUT2D eigenvalue weighted by Gasteiger charge is 2.23. The van der Waals surface area contributed by atoms with E-state index in [0.717, 1.165) is 38.6 Å². The van der Waals surface area contributed by atoms with Crippen LogP contribution in [0.15, 0.2) is 12.2 Å². The highest BCUT2D eigenvalue weighted by molar-refractivity contribution is 5.76. The van der Waals surface area contributed by atoms with Crippen LogP contribution in [-0.4, -0.2) is 18.5 Å². The molecule has 1 aliphatic carbocycles. The molecule has 15 heavy (non-hydrogen) atoms. The largest absolute Gasteiger partial charge is 0.369 e. The monoisotopic (exact) mass is 210 g/mol. The molecule has 86 valence electrons. The number of hydrogen-bond acceptors (Lipinski definition) is 2. The number of rotatable bonds is 5. The van der Waals surface area contributed by atoms with Gasteiger partial charge in [-0.15, -0.1) is 6.58 Å². The summed E-state index contributed by atoms with van der Waals surface area (Å²) in [5.74, 6) is -0.0143. The van der Waals surface area contributed by atoms with Crippen LogP contribution >= 0.6 is 0 Å². The average molecular weight is 210 g/mol. The molecule has 0 spiro atoms. The van der Waals surface area contributed by atoms with E-state index in [1.165, 1.54) is 5.57 Å². The Hall–Kier alpha value is -0.830. The third-order valence-electron chi connectivity index (χ3n) is 3.11. The van der Waals surface area contributed by atoms with Crippen molar-refractivity contribution in [3.63, 3.8) is 0 Å². The zero-order valence-electron chi connectivity index (χ0n) is 9.59. The van der Waals surface area contributed by atoms with Gasteiger partial charge in [-0.2, -0.15) is 0 Å². The molecule has 1 amide bonds. The van der Waals surface area contributed by atoms with Gasteiger partial charge in [-0.25, -0.2) is 0 Å². The summed E-state index contributed by atoms with van der Waals surface area (Å²) in [6.45, 7) is 6.92. The first-order chi connectivity index (χ1) is 7.09. The average Bonchev–Trinajstić information content (AvgIpc) is 2.18. The Bertz CT molecular complexity index is 227. The van der Waals surface area contributed by atoms with Crippen molar-refractivity contribution in [3.8, 4) is 0 Å². The molecule has 3 N–H and O–H groups in total. The standard InChI is InChI=1S/C12H22N2O/c1-9(2)7-8-14-11-5-3-10(4-6-11)12(13)15/h10-11,14H,1,3-8H2,2H3,(H2,13,15). The van der Waals surface area contributed by atoms with E-state index in [0.29, 0.717) is 6.04 Å². The van der Waals surface area contributed by atoms with E-state index < -0.39 is 0 Å². The van der Waals surface area contributed by atoms with Crippen LogP contribution in [0.5, 0.6) is 0 Å². The molecule has 0 heterocycles. The number of hydrogen-bond donors (Lipinski definition) is 2. The molecule has 0 radical (unpaired) electrons. The quantitative estimate of drug-likeness (QED) is 0.677. The maximum atomic E-state index is 11.0. The van der Waals surface area contributed by atoms with Gasteiger partial charge >= 0.3 is 0 Å². The Labute approximate surface area is 92.1 Å². The van der Waals surface area contributed by atoms with Crippen LogP contribution in [0, 0.1) is 5.92 Å². The molecule has 0 aromatic heterocycles. The van der Waals surface area contributed by atoms with E-state index in [1.54, 1.807) is 0 Å². The van der Waals surface area contributed by atoms with Crippen LogP contribution in [0.4, 0.5) is 0 Å². The molecule has 0 atom stereocenters. The number of carbonyl (C=O) groups is 1. The summed E-state index contributed by atoms with van der Waals surface area (Å²) in [5.41, 5.74) is 6.50. The summed E-state index contributed by atoms with van der Waals surface area (Å²) < 4.78 is 0. The predicted octanol–water partition coefficient (Wildman–Crippen LogP) is 1.59. The molecular weight excluding hydrogens is 188 g/mol. The van der Waals surface area contributed by atoms with Gasteiger partial charge in [0, 0.05) is 12.0 Å². The topological polar surface area (TPSA) is 55.1 Å². The van der Waals surface area contributed by atoms with Gasteiger partial charge in [-0.1, -0.05) is 5.57 Å². The van der Waals surface area contributed by atoms with Crippen LogP contribution in [0.25, 0.3) is 0 Å². The molecule has 1 rings (SSSR count). The van der Waals surface area contributed by atoms with Crippen molar-refractivity contribution in [2.24, 2.45) is 11.7 Å². The smallest absolute Gasteiger partial charge is 0.220 e. The summed E-state index contributed by atoms with van der Waals surface area (Å²) in [4.78, 5) is 11.0. The van der Waals surface area contributed by atoms with E-state index in [2.05, 4.69) is 11.9 Å². The lowest BCUT2D eigenvalue weighted by molar-refractivity contribution is -0.122. The van der Waals surface area contributed by atoms with E-state index in [4.69, 9.17) is 5.73 Å². The van der Waals surface area contributed by atoms with Gasteiger partial charge in [0.05, 0.1) is 0 Å². The van der Waals surface area contributed by atoms with Crippen LogP contribution < -0.4 is 11.1 Å². The van der Waals surface area contributed by atoms with E-state index in [1.807, 2.05) is 6.92 Å². The Balaban J connectivity index is 2.14. The molecule has 1 fully saturated rings. The van der Waals surface area contributed by atoms with E-state index in [9.17, 15) is 4.79 Å². The van der Waals surface area contributed by atoms with Crippen molar-refractivity contribution in [1.29, 1.82) is 0 Å². The molecular formula is C12H22N2O. The van der Waals surface area contributed by atoms with Crippen molar-refractivity contribution in [2.45, 2.75) is 45.1 Å². The number of nitrogens with one attached hydrogen (secondary N) is 1. The third kappa shape index (κ3) is 4.47. The zero-order valence-corrected chi connectivity index (χ0v) is 9.59. The van der Waals surface area contributed by atoms with Crippen molar-refractivity contribution < 1.29 is 4.79 Å². The number of amides is 1. The Kier molecular flexibility index (Phi) is 4.82.